The molecule has 4 heterocycles. The Morgan fingerprint density at radius 3 is 2.59 bits per heavy atom. The van der Waals surface area contributed by atoms with E-state index in [0.29, 0.717) is 18.0 Å². The Labute approximate surface area is 201 Å². The molecule has 1 aromatic heterocycles. The Morgan fingerprint density at radius 2 is 1.76 bits per heavy atom. The van der Waals surface area contributed by atoms with Crippen LogP contribution in [0.2, 0.25) is 0 Å². The van der Waals surface area contributed by atoms with E-state index in [1.54, 1.807) is 0 Å². The van der Waals surface area contributed by atoms with Crippen molar-refractivity contribution in [3.05, 3.63) is 77.6 Å². The molecular formula is C29H33N3O2. The van der Waals surface area contributed by atoms with Crippen LogP contribution in [0.3, 0.4) is 0 Å². The minimum absolute atomic E-state index is 0.244. The largest absolute Gasteiger partial charge is 0.379 e. The number of aromatic nitrogens is 1. The molecule has 1 amide bonds. The second-order valence-electron chi connectivity index (χ2n) is 10.2. The molecule has 2 unspecified atom stereocenters. The molecule has 0 radical (unpaired) electrons. The van der Waals surface area contributed by atoms with Gasteiger partial charge in [-0.1, -0.05) is 36.4 Å². The van der Waals surface area contributed by atoms with E-state index in [9.17, 15) is 4.79 Å². The predicted octanol–water partition coefficient (Wildman–Crippen LogP) is 4.69. The number of amides is 1. The molecule has 3 fully saturated rings. The third-order valence-electron chi connectivity index (χ3n) is 8.04. The smallest absolute Gasteiger partial charge is 0.254 e. The molecule has 2 atom stereocenters. The standard InChI is InChI=1S/C29H33N3O2/c33-29(28-4-2-1-3-25(28)20-31-11-13-34-14-12-31)32-26-7-8-27(32)18-22(17-26)15-21-5-6-24-19-30-10-9-23(24)16-21/h1-6,9-10,16,19,22,26-27H,7-8,11-15,17-18,20H2. The van der Waals surface area contributed by atoms with Gasteiger partial charge in [-0.3, -0.25) is 14.7 Å². The number of carbonyl (C=O) groups is 1. The van der Waals surface area contributed by atoms with Gasteiger partial charge in [0.1, 0.15) is 0 Å². The number of ether oxygens (including phenoxy) is 1. The lowest BCUT2D eigenvalue weighted by Gasteiger charge is -2.39. The monoisotopic (exact) mass is 455 g/mol. The highest BCUT2D eigenvalue weighted by molar-refractivity contribution is 5.96. The fourth-order valence-corrected chi connectivity index (χ4v) is 6.39. The number of fused-ring (bicyclic) bond motifs is 3. The summed E-state index contributed by atoms with van der Waals surface area (Å²) in [5.74, 6) is 0.887. The fraction of sp³-hybridized carbons (Fsp3) is 0.448. The molecule has 5 nitrogen and oxygen atoms in total. The highest BCUT2D eigenvalue weighted by Crippen LogP contribution is 2.41. The van der Waals surface area contributed by atoms with Gasteiger partial charge in [0.05, 0.1) is 13.2 Å². The van der Waals surface area contributed by atoms with Gasteiger partial charge in [-0.2, -0.15) is 0 Å². The number of morpholine rings is 1. The van der Waals surface area contributed by atoms with Gasteiger partial charge in [-0.25, -0.2) is 0 Å². The van der Waals surface area contributed by atoms with Crippen LogP contribution in [0.25, 0.3) is 10.8 Å². The quantitative estimate of drug-likeness (QED) is 0.560. The Balaban J connectivity index is 1.16. The van der Waals surface area contributed by atoms with E-state index < -0.39 is 0 Å². The molecule has 34 heavy (non-hydrogen) atoms. The molecule has 0 spiro atoms. The number of nitrogens with zero attached hydrogens (tertiary/aromatic N) is 3. The Kier molecular flexibility index (Phi) is 6.06. The third kappa shape index (κ3) is 4.35. The first-order valence-electron chi connectivity index (χ1n) is 12.8. The SMILES string of the molecule is O=C(c1ccccc1CN1CCOCC1)N1C2CCC1CC(Cc1ccc3cnccc3c1)C2. The molecule has 176 valence electrons. The molecule has 6 rings (SSSR count). The average molecular weight is 456 g/mol. The molecule has 2 bridgehead atoms. The number of hydrogen-bond acceptors (Lipinski definition) is 4. The predicted molar refractivity (Wildman–Crippen MR) is 134 cm³/mol. The van der Waals surface area contributed by atoms with E-state index in [1.807, 2.05) is 24.5 Å². The molecule has 0 aliphatic carbocycles. The Bertz CT molecular complexity index is 1160. The number of piperidine rings is 1. The maximum absolute atomic E-state index is 13.8. The number of pyridine rings is 1. The summed E-state index contributed by atoms with van der Waals surface area (Å²) in [7, 11) is 0. The summed E-state index contributed by atoms with van der Waals surface area (Å²) >= 11 is 0. The summed E-state index contributed by atoms with van der Waals surface area (Å²) in [6.07, 6.45) is 9.41. The molecule has 2 aromatic carbocycles. The van der Waals surface area contributed by atoms with E-state index in [4.69, 9.17) is 4.74 Å². The van der Waals surface area contributed by atoms with Crippen molar-refractivity contribution in [2.24, 2.45) is 5.92 Å². The molecule has 3 saturated heterocycles. The highest BCUT2D eigenvalue weighted by Gasteiger charge is 2.43. The van der Waals surface area contributed by atoms with Crippen LogP contribution in [0.5, 0.6) is 0 Å². The molecule has 3 aliphatic rings. The van der Waals surface area contributed by atoms with E-state index in [1.165, 1.54) is 16.3 Å². The zero-order chi connectivity index (χ0) is 22.9. The van der Waals surface area contributed by atoms with Crippen molar-refractivity contribution in [2.45, 2.75) is 50.7 Å². The summed E-state index contributed by atoms with van der Waals surface area (Å²) in [5, 5.41) is 2.46. The minimum Gasteiger partial charge on any atom is -0.379 e. The number of rotatable bonds is 5. The first-order valence-corrected chi connectivity index (χ1v) is 12.8. The first kappa shape index (κ1) is 21.8. The molecule has 5 heteroatoms. The zero-order valence-corrected chi connectivity index (χ0v) is 19.7. The number of hydrogen-bond donors (Lipinski definition) is 0. The maximum Gasteiger partial charge on any atom is 0.254 e. The molecular weight excluding hydrogens is 422 g/mol. The van der Waals surface area contributed by atoms with E-state index in [2.05, 4.69) is 51.2 Å². The lowest BCUT2D eigenvalue weighted by atomic mass is 9.85. The van der Waals surface area contributed by atoms with Crippen LogP contribution in [0.15, 0.2) is 60.9 Å². The summed E-state index contributed by atoms with van der Waals surface area (Å²) < 4.78 is 5.50. The first-order chi connectivity index (χ1) is 16.7. The van der Waals surface area contributed by atoms with Crippen molar-refractivity contribution in [1.82, 2.24) is 14.8 Å². The van der Waals surface area contributed by atoms with Gasteiger partial charge in [0.15, 0.2) is 0 Å². The normalized spacial score (nSPS) is 25.1. The highest BCUT2D eigenvalue weighted by atomic mass is 16.5. The fourth-order valence-electron chi connectivity index (χ4n) is 6.39. The van der Waals surface area contributed by atoms with Gasteiger partial charge < -0.3 is 9.64 Å². The lowest BCUT2D eigenvalue weighted by molar-refractivity contribution is 0.0337. The zero-order valence-electron chi connectivity index (χ0n) is 19.7. The van der Waals surface area contributed by atoms with Crippen molar-refractivity contribution in [3.63, 3.8) is 0 Å². The van der Waals surface area contributed by atoms with Crippen molar-refractivity contribution in [2.75, 3.05) is 26.3 Å². The van der Waals surface area contributed by atoms with Crippen molar-refractivity contribution in [1.29, 1.82) is 0 Å². The van der Waals surface area contributed by atoms with Crippen molar-refractivity contribution in [3.8, 4) is 0 Å². The van der Waals surface area contributed by atoms with Crippen LogP contribution in [0, 0.1) is 5.92 Å². The topological polar surface area (TPSA) is 45.7 Å². The Morgan fingerprint density at radius 1 is 0.971 bits per heavy atom. The molecule has 0 saturated carbocycles. The second-order valence-corrected chi connectivity index (χ2v) is 10.2. The van der Waals surface area contributed by atoms with Crippen molar-refractivity contribution >= 4 is 16.7 Å². The summed E-state index contributed by atoms with van der Waals surface area (Å²) in [6, 6.07) is 17.8. The molecule has 3 aliphatic heterocycles. The van der Waals surface area contributed by atoms with Gasteiger partial charge in [-0.05, 0) is 66.7 Å². The van der Waals surface area contributed by atoms with Crippen molar-refractivity contribution < 1.29 is 9.53 Å². The maximum atomic E-state index is 13.8. The van der Waals surface area contributed by atoms with Crippen LogP contribution in [-0.2, 0) is 17.7 Å². The van der Waals surface area contributed by atoms with Gasteiger partial charge in [0, 0.05) is 55.1 Å². The third-order valence-corrected chi connectivity index (χ3v) is 8.04. The number of benzene rings is 2. The second kappa shape index (κ2) is 9.47. The van der Waals surface area contributed by atoms with E-state index in [-0.39, 0.29) is 5.91 Å². The van der Waals surface area contributed by atoms with Gasteiger partial charge >= 0.3 is 0 Å². The molecule has 3 aromatic rings. The van der Waals surface area contributed by atoms with Crippen LogP contribution < -0.4 is 0 Å². The van der Waals surface area contributed by atoms with Crippen LogP contribution in [0.1, 0.15) is 47.2 Å². The number of carbonyl (C=O) groups excluding carboxylic acids is 1. The van der Waals surface area contributed by atoms with Crippen LogP contribution >= 0.6 is 0 Å². The lowest BCUT2D eigenvalue weighted by Crippen LogP contribution is -2.47. The minimum atomic E-state index is 0.244. The summed E-state index contributed by atoms with van der Waals surface area (Å²) in [6.45, 7) is 4.26. The van der Waals surface area contributed by atoms with Crippen LogP contribution in [-0.4, -0.2) is 59.1 Å². The van der Waals surface area contributed by atoms with E-state index in [0.717, 1.165) is 76.1 Å². The Hall–Kier alpha value is -2.76. The van der Waals surface area contributed by atoms with Crippen LogP contribution in [0.4, 0.5) is 0 Å². The molecule has 0 N–H and O–H groups in total. The van der Waals surface area contributed by atoms with E-state index >= 15 is 0 Å². The van der Waals surface area contributed by atoms with Gasteiger partial charge in [-0.15, -0.1) is 0 Å². The van der Waals surface area contributed by atoms with Gasteiger partial charge in [0.2, 0.25) is 0 Å². The summed E-state index contributed by atoms with van der Waals surface area (Å²) in [4.78, 5) is 22.7. The average Bonchev–Trinajstić information content (AvgIpc) is 3.14. The summed E-state index contributed by atoms with van der Waals surface area (Å²) in [5.41, 5.74) is 3.45. The van der Waals surface area contributed by atoms with Gasteiger partial charge in [0.25, 0.3) is 5.91 Å².